The molecule has 1 aliphatic rings. The molecule has 1 atom stereocenters. The molecule has 0 spiro atoms. The van der Waals surface area contributed by atoms with Crippen molar-refractivity contribution in [1.29, 1.82) is 0 Å². The number of nitrogens with one attached hydrogen (secondary N) is 2. The van der Waals surface area contributed by atoms with E-state index < -0.39 is 0 Å². The molecule has 1 unspecified atom stereocenters. The number of aliphatic imine (C=N–C) groups is 1. The van der Waals surface area contributed by atoms with Crippen molar-refractivity contribution in [3.63, 3.8) is 0 Å². The predicted octanol–water partition coefficient (Wildman–Crippen LogP) is 2.21. The number of morpholine rings is 1. The molecule has 0 radical (unpaired) electrons. The van der Waals surface area contributed by atoms with Gasteiger partial charge in [-0.2, -0.15) is 0 Å². The van der Waals surface area contributed by atoms with Crippen LogP contribution in [0.1, 0.15) is 51.5 Å². The van der Waals surface area contributed by atoms with E-state index in [1.54, 1.807) is 7.05 Å². The molecule has 0 aromatic carbocycles. The number of aromatic nitrogens is 1. The first-order valence-corrected chi connectivity index (χ1v) is 9.71. The van der Waals surface area contributed by atoms with Crippen LogP contribution in [-0.4, -0.2) is 62.0 Å². The van der Waals surface area contributed by atoms with E-state index in [1.165, 1.54) is 0 Å². The number of rotatable bonds is 8. The summed E-state index contributed by atoms with van der Waals surface area (Å²) in [5.41, 5.74) is 0.981. The number of nitrogens with zero attached hydrogens (tertiary/aromatic N) is 3. The summed E-state index contributed by atoms with van der Waals surface area (Å²) in [6.45, 7) is 13.9. The van der Waals surface area contributed by atoms with Crippen LogP contribution in [0.2, 0.25) is 0 Å². The topological polar surface area (TPSA) is 74.9 Å². The van der Waals surface area contributed by atoms with Gasteiger partial charge in [-0.25, -0.2) is 0 Å². The van der Waals surface area contributed by atoms with E-state index in [0.717, 1.165) is 56.7 Å². The highest BCUT2D eigenvalue weighted by atomic mass is 16.5. The summed E-state index contributed by atoms with van der Waals surface area (Å²) in [6, 6.07) is 2.48. The van der Waals surface area contributed by atoms with E-state index in [1.807, 2.05) is 6.07 Å². The lowest BCUT2D eigenvalue weighted by Gasteiger charge is -2.35. The standard InChI is InChI=1S/C19H35N5O2/c1-14(2)10-16(24-6-8-25-9-7-24)12-21-19(20-5)22-13-17-11-18(15(3)4)23-26-17/h11,14-16H,6-10,12-13H2,1-5H3,(H2,20,21,22). The van der Waals surface area contributed by atoms with Crippen molar-refractivity contribution in [3.05, 3.63) is 17.5 Å². The number of ether oxygens (including phenoxy) is 1. The smallest absolute Gasteiger partial charge is 0.191 e. The molecule has 148 valence electrons. The van der Waals surface area contributed by atoms with Gasteiger partial charge < -0.3 is 19.9 Å². The van der Waals surface area contributed by atoms with E-state index in [0.29, 0.717) is 24.4 Å². The van der Waals surface area contributed by atoms with Gasteiger partial charge in [0, 0.05) is 38.8 Å². The van der Waals surface area contributed by atoms with Crippen LogP contribution in [-0.2, 0) is 11.3 Å². The highest BCUT2D eigenvalue weighted by Gasteiger charge is 2.22. The molecule has 1 saturated heterocycles. The Morgan fingerprint density at radius 2 is 1.96 bits per heavy atom. The van der Waals surface area contributed by atoms with Crippen LogP contribution >= 0.6 is 0 Å². The van der Waals surface area contributed by atoms with E-state index in [-0.39, 0.29) is 0 Å². The zero-order valence-corrected chi connectivity index (χ0v) is 16.9. The molecule has 0 saturated carbocycles. The molecule has 1 aromatic rings. The largest absolute Gasteiger partial charge is 0.379 e. The van der Waals surface area contributed by atoms with Crippen molar-refractivity contribution in [2.75, 3.05) is 39.9 Å². The van der Waals surface area contributed by atoms with Gasteiger partial charge in [0.25, 0.3) is 0 Å². The van der Waals surface area contributed by atoms with Crippen LogP contribution in [0.25, 0.3) is 0 Å². The van der Waals surface area contributed by atoms with Crippen LogP contribution in [0, 0.1) is 5.92 Å². The maximum absolute atomic E-state index is 5.49. The summed E-state index contributed by atoms with van der Waals surface area (Å²) < 4.78 is 10.9. The van der Waals surface area contributed by atoms with Crippen LogP contribution < -0.4 is 10.6 Å². The zero-order valence-electron chi connectivity index (χ0n) is 16.9. The fourth-order valence-corrected chi connectivity index (χ4v) is 3.14. The summed E-state index contributed by atoms with van der Waals surface area (Å²) in [5.74, 6) is 2.64. The van der Waals surface area contributed by atoms with Crippen molar-refractivity contribution in [2.24, 2.45) is 10.9 Å². The molecule has 1 fully saturated rings. The van der Waals surface area contributed by atoms with Crippen molar-refractivity contribution in [3.8, 4) is 0 Å². The van der Waals surface area contributed by atoms with Gasteiger partial charge in [0.05, 0.1) is 25.5 Å². The minimum atomic E-state index is 0.371. The van der Waals surface area contributed by atoms with Gasteiger partial charge in [0.1, 0.15) is 0 Å². The Hall–Kier alpha value is -1.60. The molecule has 7 heteroatoms. The van der Waals surface area contributed by atoms with Crippen LogP contribution in [0.5, 0.6) is 0 Å². The molecule has 2 rings (SSSR count). The normalized spacial score (nSPS) is 17.7. The fourth-order valence-electron chi connectivity index (χ4n) is 3.14. The van der Waals surface area contributed by atoms with E-state index in [9.17, 15) is 0 Å². The van der Waals surface area contributed by atoms with Crippen molar-refractivity contribution in [1.82, 2.24) is 20.7 Å². The third-order valence-corrected chi connectivity index (χ3v) is 4.63. The first-order chi connectivity index (χ1) is 12.5. The number of guanidine groups is 1. The molecule has 0 bridgehead atoms. The average molecular weight is 366 g/mol. The second kappa shape index (κ2) is 10.5. The zero-order chi connectivity index (χ0) is 18.9. The van der Waals surface area contributed by atoms with Crippen molar-refractivity contribution >= 4 is 5.96 Å². The van der Waals surface area contributed by atoms with Gasteiger partial charge in [0.2, 0.25) is 0 Å². The Balaban J connectivity index is 1.84. The molecule has 1 aliphatic heterocycles. The Kier molecular flexibility index (Phi) is 8.38. The Bertz CT molecular complexity index is 550. The molecule has 2 heterocycles. The Labute approximate surface area is 157 Å². The number of hydrogen-bond acceptors (Lipinski definition) is 5. The van der Waals surface area contributed by atoms with Gasteiger partial charge in [-0.15, -0.1) is 0 Å². The second-order valence-corrected chi connectivity index (χ2v) is 7.61. The molecule has 7 nitrogen and oxygen atoms in total. The minimum absolute atomic E-state index is 0.371. The monoisotopic (exact) mass is 365 g/mol. The van der Waals surface area contributed by atoms with Gasteiger partial charge in [-0.05, 0) is 18.3 Å². The lowest BCUT2D eigenvalue weighted by molar-refractivity contribution is 0.0132. The van der Waals surface area contributed by atoms with E-state index in [2.05, 4.69) is 53.4 Å². The maximum atomic E-state index is 5.49. The van der Waals surface area contributed by atoms with Crippen molar-refractivity contribution in [2.45, 2.75) is 52.6 Å². The van der Waals surface area contributed by atoms with Gasteiger partial charge in [-0.1, -0.05) is 32.9 Å². The predicted molar refractivity (Wildman–Crippen MR) is 104 cm³/mol. The lowest BCUT2D eigenvalue weighted by atomic mass is 10.0. The average Bonchev–Trinajstić information content (AvgIpc) is 3.10. The van der Waals surface area contributed by atoms with Gasteiger partial charge in [-0.3, -0.25) is 9.89 Å². The van der Waals surface area contributed by atoms with Crippen LogP contribution in [0.3, 0.4) is 0 Å². The maximum Gasteiger partial charge on any atom is 0.191 e. The van der Waals surface area contributed by atoms with E-state index in [4.69, 9.17) is 9.26 Å². The highest BCUT2D eigenvalue weighted by Crippen LogP contribution is 2.14. The second-order valence-electron chi connectivity index (χ2n) is 7.61. The van der Waals surface area contributed by atoms with Crippen LogP contribution in [0.4, 0.5) is 0 Å². The van der Waals surface area contributed by atoms with E-state index >= 15 is 0 Å². The first kappa shape index (κ1) is 20.7. The third-order valence-electron chi connectivity index (χ3n) is 4.63. The van der Waals surface area contributed by atoms with Crippen LogP contribution in [0.15, 0.2) is 15.6 Å². The highest BCUT2D eigenvalue weighted by molar-refractivity contribution is 5.79. The third kappa shape index (κ3) is 6.61. The quantitative estimate of drug-likeness (QED) is 0.543. The summed E-state index contributed by atoms with van der Waals surface area (Å²) in [4.78, 5) is 6.85. The SMILES string of the molecule is CN=C(NCc1cc(C(C)C)no1)NCC(CC(C)C)N1CCOCC1. The number of hydrogen-bond donors (Lipinski definition) is 2. The fraction of sp³-hybridized carbons (Fsp3) is 0.789. The summed E-state index contributed by atoms with van der Waals surface area (Å²) in [7, 11) is 1.79. The summed E-state index contributed by atoms with van der Waals surface area (Å²) in [6.07, 6.45) is 1.16. The molecular formula is C19H35N5O2. The summed E-state index contributed by atoms with van der Waals surface area (Å²) in [5, 5.41) is 10.9. The Morgan fingerprint density at radius 1 is 1.23 bits per heavy atom. The molecule has 2 N–H and O–H groups in total. The molecule has 1 aromatic heterocycles. The molecular weight excluding hydrogens is 330 g/mol. The van der Waals surface area contributed by atoms with Gasteiger partial charge >= 0.3 is 0 Å². The molecule has 0 amide bonds. The molecule has 0 aliphatic carbocycles. The minimum Gasteiger partial charge on any atom is -0.379 e. The Morgan fingerprint density at radius 3 is 2.54 bits per heavy atom. The molecule has 26 heavy (non-hydrogen) atoms. The first-order valence-electron chi connectivity index (χ1n) is 9.71. The van der Waals surface area contributed by atoms with Crippen molar-refractivity contribution < 1.29 is 9.26 Å². The van der Waals surface area contributed by atoms with Gasteiger partial charge in [0.15, 0.2) is 11.7 Å². The lowest BCUT2D eigenvalue weighted by Crippen LogP contribution is -2.50. The summed E-state index contributed by atoms with van der Waals surface area (Å²) >= 11 is 0.